The first-order valence-corrected chi connectivity index (χ1v) is 9.32. The van der Waals surface area contributed by atoms with Gasteiger partial charge >= 0.3 is 0 Å². The fourth-order valence-electron chi connectivity index (χ4n) is 3.01. The summed E-state index contributed by atoms with van der Waals surface area (Å²) < 4.78 is 1.71. The molecule has 1 N–H and O–H groups in total. The molecule has 0 spiro atoms. The highest BCUT2D eigenvalue weighted by Gasteiger charge is 2.18. The van der Waals surface area contributed by atoms with Gasteiger partial charge in [0.05, 0.1) is 17.5 Å². The van der Waals surface area contributed by atoms with Crippen molar-refractivity contribution in [3.63, 3.8) is 0 Å². The van der Waals surface area contributed by atoms with E-state index in [1.165, 1.54) is 0 Å². The van der Waals surface area contributed by atoms with Crippen molar-refractivity contribution in [2.45, 2.75) is 6.92 Å². The van der Waals surface area contributed by atoms with Crippen LogP contribution in [0.15, 0.2) is 96.2 Å². The maximum atomic E-state index is 12.9. The van der Waals surface area contributed by atoms with E-state index >= 15 is 0 Å². The molecule has 142 valence electrons. The zero-order valence-electron chi connectivity index (χ0n) is 16.0. The number of nitrogens with one attached hydrogen (secondary N) is 1. The molecule has 1 amide bonds. The average molecular weight is 380 g/mol. The number of nitrogens with zero attached hydrogens (tertiary/aromatic N) is 3. The molecular weight excluding hydrogens is 360 g/mol. The van der Waals surface area contributed by atoms with Gasteiger partial charge in [0.1, 0.15) is 5.69 Å². The summed E-state index contributed by atoms with van der Waals surface area (Å²) in [7, 11) is 0. The standard InChI is InChI=1S/C24H20N4O/c1-18-10-8-9-13-20(18)16-25-26-24(29)22-17-28(21-14-6-3-7-15-21)27-23(22)19-11-4-2-5-12-19/h2-17H,1H3,(H,26,29)/b25-16+. The van der Waals surface area contributed by atoms with Gasteiger partial charge in [-0.15, -0.1) is 0 Å². The van der Waals surface area contributed by atoms with Crippen LogP contribution in [0.1, 0.15) is 21.5 Å². The average Bonchev–Trinajstić information content (AvgIpc) is 3.22. The molecule has 5 nitrogen and oxygen atoms in total. The minimum Gasteiger partial charge on any atom is -0.267 e. The SMILES string of the molecule is Cc1ccccc1/C=N/NC(=O)c1cn(-c2ccccc2)nc1-c1ccccc1. The molecule has 1 heterocycles. The van der Waals surface area contributed by atoms with Crippen molar-refractivity contribution in [2.75, 3.05) is 0 Å². The number of amides is 1. The van der Waals surface area contributed by atoms with Crippen LogP contribution >= 0.6 is 0 Å². The highest BCUT2D eigenvalue weighted by atomic mass is 16.2. The lowest BCUT2D eigenvalue weighted by atomic mass is 10.1. The van der Waals surface area contributed by atoms with Crippen molar-refractivity contribution < 1.29 is 4.79 Å². The molecule has 1 aromatic heterocycles. The van der Waals surface area contributed by atoms with Gasteiger partial charge in [-0.3, -0.25) is 4.79 Å². The van der Waals surface area contributed by atoms with Crippen LogP contribution in [0.3, 0.4) is 0 Å². The third-order valence-electron chi connectivity index (χ3n) is 4.59. The molecule has 3 aromatic carbocycles. The molecule has 0 unspecified atom stereocenters. The van der Waals surface area contributed by atoms with Gasteiger partial charge in [-0.2, -0.15) is 10.2 Å². The summed E-state index contributed by atoms with van der Waals surface area (Å²) in [6, 6.07) is 27.2. The maximum absolute atomic E-state index is 12.9. The Labute approximate surface area is 169 Å². The smallest absolute Gasteiger partial charge is 0.267 e. The fourth-order valence-corrected chi connectivity index (χ4v) is 3.01. The lowest BCUT2D eigenvalue weighted by Crippen LogP contribution is -2.18. The summed E-state index contributed by atoms with van der Waals surface area (Å²) in [5.41, 5.74) is 7.49. The summed E-state index contributed by atoms with van der Waals surface area (Å²) in [5.74, 6) is -0.309. The summed E-state index contributed by atoms with van der Waals surface area (Å²) >= 11 is 0. The number of aromatic nitrogens is 2. The third kappa shape index (κ3) is 4.14. The highest BCUT2D eigenvalue weighted by molar-refractivity contribution is 6.00. The molecule has 5 heteroatoms. The number of hydrogen-bond donors (Lipinski definition) is 1. The number of benzene rings is 3. The van der Waals surface area contributed by atoms with Crippen molar-refractivity contribution >= 4 is 12.1 Å². The van der Waals surface area contributed by atoms with Crippen molar-refractivity contribution in [3.05, 3.63) is 108 Å². The minimum atomic E-state index is -0.309. The zero-order valence-corrected chi connectivity index (χ0v) is 16.0. The van der Waals surface area contributed by atoms with Crippen LogP contribution in [-0.2, 0) is 0 Å². The van der Waals surface area contributed by atoms with E-state index in [4.69, 9.17) is 0 Å². The Bertz CT molecular complexity index is 1150. The summed E-state index contributed by atoms with van der Waals surface area (Å²) in [5, 5.41) is 8.79. The van der Waals surface area contributed by atoms with Crippen molar-refractivity contribution in [2.24, 2.45) is 5.10 Å². The molecule has 0 aliphatic heterocycles. The topological polar surface area (TPSA) is 59.3 Å². The van der Waals surface area contributed by atoms with Crippen LogP contribution in [0.2, 0.25) is 0 Å². The number of hydrazone groups is 1. The van der Waals surface area contributed by atoms with E-state index in [2.05, 4.69) is 15.6 Å². The van der Waals surface area contributed by atoms with Crippen LogP contribution < -0.4 is 5.43 Å². The molecule has 0 radical (unpaired) electrons. The van der Waals surface area contributed by atoms with Crippen LogP contribution in [-0.4, -0.2) is 21.9 Å². The Morgan fingerprint density at radius 3 is 2.31 bits per heavy atom. The second kappa shape index (κ2) is 8.35. The van der Waals surface area contributed by atoms with Gasteiger partial charge in [0, 0.05) is 11.8 Å². The van der Waals surface area contributed by atoms with Crippen molar-refractivity contribution in [1.29, 1.82) is 0 Å². The van der Waals surface area contributed by atoms with E-state index in [1.807, 2.05) is 91.9 Å². The number of carbonyl (C=O) groups is 1. The normalized spacial score (nSPS) is 10.9. The highest BCUT2D eigenvalue weighted by Crippen LogP contribution is 2.23. The van der Waals surface area contributed by atoms with Crippen LogP contribution in [0.25, 0.3) is 16.9 Å². The van der Waals surface area contributed by atoms with Crippen molar-refractivity contribution in [1.82, 2.24) is 15.2 Å². The molecule has 29 heavy (non-hydrogen) atoms. The first-order valence-electron chi connectivity index (χ1n) is 9.32. The zero-order chi connectivity index (χ0) is 20.1. The molecule has 0 bridgehead atoms. The Morgan fingerprint density at radius 2 is 1.59 bits per heavy atom. The molecule has 0 saturated carbocycles. The first-order chi connectivity index (χ1) is 14.2. The second-order valence-electron chi connectivity index (χ2n) is 6.59. The van der Waals surface area contributed by atoms with Crippen LogP contribution in [0.4, 0.5) is 0 Å². The predicted octanol–water partition coefficient (Wildman–Crippen LogP) is 4.61. The van der Waals surface area contributed by atoms with Gasteiger partial charge in [-0.25, -0.2) is 10.1 Å². The van der Waals surface area contributed by atoms with Crippen LogP contribution in [0.5, 0.6) is 0 Å². The van der Waals surface area contributed by atoms with Crippen molar-refractivity contribution in [3.8, 4) is 16.9 Å². The number of rotatable bonds is 5. The molecule has 4 aromatic rings. The molecule has 0 aliphatic rings. The maximum Gasteiger partial charge on any atom is 0.275 e. The summed E-state index contributed by atoms with van der Waals surface area (Å²) in [6.07, 6.45) is 3.38. The van der Waals surface area contributed by atoms with Gasteiger partial charge in [0.25, 0.3) is 5.91 Å². The van der Waals surface area contributed by atoms with Gasteiger partial charge in [-0.05, 0) is 30.2 Å². The Kier molecular flexibility index (Phi) is 5.29. The summed E-state index contributed by atoms with van der Waals surface area (Å²) in [6.45, 7) is 2.00. The molecule has 0 aliphatic carbocycles. The second-order valence-corrected chi connectivity index (χ2v) is 6.59. The van der Waals surface area contributed by atoms with Gasteiger partial charge in [0.15, 0.2) is 0 Å². The van der Waals surface area contributed by atoms with E-state index in [1.54, 1.807) is 17.1 Å². The molecular formula is C24H20N4O. The van der Waals surface area contributed by atoms with Gasteiger partial charge in [0.2, 0.25) is 0 Å². The quantitative estimate of drug-likeness (QED) is 0.406. The number of carbonyl (C=O) groups excluding carboxylic acids is 1. The lowest BCUT2D eigenvalue weighted by Gasteiger charge is -2.02. The Hall–Kier alpha value is -3.99. The number of hydrogen-bond acceptors (Lipinski definition) is 3. The number of aryl methyl sites for hydroxylation is 1. The minimum absolute atomic E-state index is 0.309. The molecule has 0 saturated heterocycles. The monoisotopic (exact) mass is 380 g/mol. The lowest BCUT2D eigenvalue weighted by molar-refractivity contribution is 0.0955. The van der Waals surface area contributed by atoms with E-state index in [9.17, 15) is 4.79 Å². The molecule has 0 atom stereocenters. The third-order valence-corrected chi connectivity index (χ3v) is 4.59. The van der Waals surface area contributed by atoms with E-state index in [-0.39, 0.29) is 5.91 Å². The van der Waals surface area contributed by atoms with Gasteiger partial charge in [-0.1, -0.05) is 72.8 Å². The van der Waals surface area contributed by atoms with Gasteiger partial charge < -0.3 is 0 Å². The molecule has 4 rings (SSSR count). The Balaban J connectivity index is 1.65. The van der Waals surface area contributed by atoms with E-state index in [0.717, 1.165) is 22.4 Å². The fraction of sp³-hybridized carbons (Fsp3) is 0.0417. The first kappa shape index (κ1) is 18.4. The Morgan fingerprint density at radius 1 is 0.931 bits per heavy atom. The number of para-hydroxylation sites is 1. The predicted molar refractivity (Wildman–Crippen MR) is 115 cm³/mol. The van der Waals surface area contributed by atoms with Crippen LogP contribution in [0, 0.1) is 6.92 Å². The summed E-state index contributed by atoms with van der Waals surface area (Å²) in [4.78, 5) is 12.9. The van der Waals surface area contributed by atoms with E-state index < -0.39 is 0 Å². The molecule has 0 fully saturated rings. The van der Waals surface area contributed by atoms with E-state index in [0.29, 0.717) is 11.3 Å². The largest absolute Gasteiger partial charge is 0.275 e.